The lowest BCUT2D eigenvalue weighted by Gasteiger charge is -2.17. The average molecular weight is 233 g/mol. The monoisotopic (exact) mass is 233 g/mol. The highest BCUT2D eigenvalue weighted by Gasteiger charge is 2.34. The molecule has 0 spiro atoms. The fraction of sp³-hybridized carbons (Fsp3) is 0.462. The molecular formula is C13H19N3O. The summed E-state index contributed by atoms with van der Waals surface area (Å²) in [7, 11) is 3.82. The highest BCUT2D eigenvalue weighted by molar-refractivity contribution is 5.94. The van der Waals surface area contributed by atoms with Crippen LogP contribution < -0.4 is 10.2 Å². The van der Waals surface area contributed by atoms with Gasteiger partial charge in [0.1, 0.15) is 0 Å². The summed E-state index contributed by atoms with van der Waals surface area (Å²) in [6.07, 6.45) is 0.988. The second kappa shape index (κ2) is 5.19. The minimum absolute atomic E-state index is 0.0947. The fourth-order valence-electron chi connectivity index (χ4n) is 2.18. The summed E-state index contributed by atoms with van der Waals surface area (Å²) in [4.78, 5) is 15.8. The van der Waals surface area contributed by atoms with E-state index in [1.165, 1.54) is 0 Å². The van der Waals surface area contributed by atoms with Gasteiger partial charge in [0.15, 0.2) is 0 Å². The molecule has 1 atom stereocenters. The number of benzene rings is 1. The van der Waals surface area contributed by atoms with E-state index in [9.17, 15) is 4.79 Å². The van der Waals surface area contributed by atoms with Crippen molar-refractivity contribution in [2.45, 2.75) is 12.5 Å². The maximum atomic E-state index is 12.1. The SMILES string of the molecule is CNCCC1CN(c2ccccc2)C(=O)N1C. The van der Waals surface area contributed by atoms with Gasteiger partial charge in [0.05, 0.1) is 6.04 Å². The Morgan fingerprint density at radius 2 is 2.06 bits per heavy atom. The molecule has 17 heavy (non-hydrogen) atoms. The van der Waals surface area contributed by atoms with Crippen LogP contribution in [0.4, 0.5) is 10.5 Å². The largest absolute Gasteiger partial charge is 0.324 e. The van der Waals surface area contributed by atoms with E-state index in [1.807, 2.05) is 54.2 Å². The first-order valence-corrected chi connectivity index (χ1v) is 5.98. The number of likely N-dealkylation sites (N-methyl/N-ethyl adjacent to an activating group) is 1. The van der Waals surface area contributed by atoms with Crippen LogP contribution >= 0.6 is 0 Å². The summed E-state index contributed by atoms with van der Waals surface area (Å²) in [5.74, 6) is 0. The van der Waals surface area contributed by atoms with Gasteiger partial charge in [0.25, 0.3) is 0 Å². The molecule has 1 fully saturated rings. The van der Waals surface area contributed by atoms with Gasteiger partial charge in [-0.15, -0.1) is 0 Å². The zero-order valence-corrected chi connectivity index (χ0v) is 10.4. The van der Waals surface area contributed by atoms with Gasteiger partial charge in [-0.05, 0) is 32.1 Å². The predicted molar refractivity (Wildman–Crippen MR) is 69.3 cm³/mol. The molecule has 0 aliphatic carbocycles. The molecule has 0 bridgehead atoms. The molecule has 0 aromatic heterocycles. The molecule has 1 heterocycles. The number of amides is 2. The van der Waals surface area contributed by atoms with Crippen LogP contribution in [0.1, 0.15) is 6.42 Å². The van der Waals surface area contributed by atoms with Crippen LogP contribution in [-0.2, 0) is 0 Å². The zero-order valence-electron chi connectivity index (χ0n) is 10.4. The van der Waals surface area contributed by atoms with E-state index in [2.05, 4.69) is 5.32 Å². The summed E-state index contributed by atoms with van der Waals surface area (Å²) in [5.41, 5.74) is 0.983. The highest BCUT2D eigenvalue weighted by Crippen LogP contribution is 2.23. The van der Waals surface area contributed by atoms with E-state index in [1.54, 1.807) is 0 Å². The molecule has 1 N–H and O–H groups in total. The van der Waals surface area contributed by atoms with Crippen molar-refractivity contribution in [2.24, 2.45) is 0 Å². The summed E-state index contributed by atoms with van der Waals surface area (Å²) in [6.45, 7) is 1.71. The minimum Gasteiger partial charge on any atom is -0.323 e. The summed E-state index contributed by atoms with van der Waals surface area (Å²) < 4.78 is 0. The molecule has 2 amide bonds. The van der Waals surface area contributed by atoms with E-state index in [-0.39, 0.29) is 6.03 Å². The number of hydrogen-bond acceptors (Lipinski definition) is 2. The van der Waals surface area contributed by atoms with Gasteiger partial charge in [-0.2, -0.15) is 0 Å². The van der Waals surface area contributed by atoms with Gasteiger partial charge < -0.3 is 10.2 Å². The van der Waals surface area contributed by atoms with Crippen LogP contribution in [0.15, 0.2) is 30.3 Å². The highest BCUT2D eigenvalue weighted by atomic mass is 16.2. The number of urea groups is 1. The van der Waals surface area contributed by atoms with Crippen molar-refractivity contribution in [3.63, 3.8) is 0 Å². The van der Waals surface area contributed by atoms with Crippen molar-refractivity contribution in [3.05, 3.63) is 30.3 Å². The number of para-hydroxylation sites is 1. The third kappa shape index (κ3) is 2.42. The molecular weight excluding hydrogens is 214 g/mol. The van der Waals surface area contributed by atoms with Crippen molar-refractivity contribution in [2.75, 3.05) is 32.1 Å². The van der Waals surface area contributed by atoms with Crippen LogP contribution in [0.5, 0.6) is 0 Å². The molecule has 4 nitrogen and oxygen atoms in total. The lowest BCUT2D eigenvalue weighted by atomic mass is 10.2. The van der Waals surface area contributed by atoms with E-state index >= 15 is 0 Å². The van der Waals surface area contributed by atoms with Crippen molar-refractivity contribution >= 4 is 11.7 Å². The summed E-state index contributed by atoms with van der Waals surface area (Å²) in [5, 5.41) is 3.13. The third-order valence-electron chi connectivity index (χ3n) is 3.27. The Kier molecular flexibility index (Phi) is 3.64. The van der Waals surface area contributed by atoms with Gasteiger partial charge in [-0.25, -0.2) is 4.79 Å². The van der Waals surface area contributed by atoms with Crippen LogP contribution in [0, 0.1) is 0 Å². The number of nitrogens with zero attached hydrogens (tertiary/aromatic N) is 2. The predicted octanol–water partition coefficient (Wildman–Crippen LogP) is 1.54. The quantitative estimate of drug-likeness (QED) is 0.856. The maximum absolute atomic E-state index is 12.1. The molecule has 0 saturated carbocycles. The second-order valence-electron chi connectivity index (χ2n) is 4.39. The van der Waals surface area contributed by atoms with E-state index in [0.29, 0.717) is 6.04 Å². The Labute approximate surface area is 102 Å². The molecule has 1 aliphatic heterocycles. The first-order valence-electron chi connectivity index (χ1n) is 5.98. The third-order valence-corrected chi connectivity index (χ3v) is 3.27. The molecule has 0 radical (unpaired) electrons. The van der Waals surface area contributed by atoms with Gasteiger partial charge >= 0.3 is 6.03 Å². The van der Waals surface area contributed by atoms with Crippen molar-refractivity contribution in [3.8, 4) is 0 Å². The maximum Gasteiger partial charge on any atom is 0.324 e. The average Bonchev–Trinajstić information content (AvgIpc) is 2.65. The Morgan fingerprint density at radius 1 is 1.35 bits per heavy atom. The first kappa shape index (κ1) is 11.9. The summed E-state index contributed by atoms with van der Waals surface area (Å²) >= 11 is 0. The molecule has 1 aromatic rings. The van der Waals surface area contributed by atoms with Crippen LogP contribution in [0.25, 0.3) is 0 Å². The Balaban J connectivity index is 2.09. The van der Waals surface area contributed by atoms with Crippen LogP contribution in [0.2, 0.25) is 0 Å². The van der Waals surface area contributed by atoms with Gasteiger partial charge in [0.2, 0.25) is 0 Å². The van der Waals surface area contributed by atoms with Gasteiger partial charge in [-0.1, -0.05) is 18.2 Å². The fourth-order valence-corrected chi connectivity index (χ4v) is 2.18. The van der Waals surface area contributed by atoms with Crippen molar-refractivity contribution in [1.82, 2.24) is 10.2 Å². The topological polar surface area (TPSA) is 35.6 Å². The number of anilines is 1. The van der Waals surface area contributed by atoms with Crippen LogP contribution in [0.3, 0.4) is 0 Å². The number of carbonyl (C=O) groups is 1. The molecule has 1 saturated heterocycles. The zero-order chi connectivity index (χ0) is 12.3. The Hall–Kier alpha value is -1.55. The second-order valence-corrected chi connectivity index (χ2v) is 4.39. The summed E-state index contributed by atoms with van der Waals surface area (Å²) in [6, 6.07) is 10.2. The normalized spacial score (nSPS) is 20.1. The Morgan fingerprint density at radius 3 is 2.71 bits per heavy atom. The number of carbonyl (C=O) groups excluding carboxylic acids is 1. The standard InChI is InChI=1S/C13H19N3O/c1-14-9-8-12-10-16(13(17)15(12)2)11-6-4-3-5-7-11/h3-7,12,14H,8-10H2,1-2H3. The number of nitrogens with one attached hydrogen (secondary N) is 1. The van der Waals surface area contributed by atoms with Crippen molar-refractivity contribution in [1.29, 1.82) is 0 Å². The molecule has 1 aliphatic rings. The number of rotatable bonds is 4. The molecule has 92 valence electrons. The van der Waals surface area contributed by atoms with E-state index in [4.69, 9.17) is 0 Å². The minimum atomic E-state index is 0.0947. The van der Waals surface area contributed by atoms with E-state index in [0.717, 1.165) is 25.2 Å². The lowest BCUT2D eigenvalue weighted by molar-refractivity contribution is 0.217. The molecule has 4 heteroatoms. The van der Waals surface area contributed by atoms with E-state index < -0.39 is 0 Å². The van der Waals surface area contributed by atoms with Crippen LogP contribution in [-0.4, -0.2) is 44.2 Å². The smallest absolute Gasteiger partial charge is 0.323 e. The number of hydrogen-bond donors (Lipinski definition) is 1. The molecule has 1 aromatic carbocycles. The van der Waals surface area contributed by atoms with Gasteiger partial charge in [0, 0.05) is 19.3 Å². The van der Waals surface area contributed by atoms with Gasteiger partial charge in [-0.3, -0.25) is 4.90 Å². The molecule has 2 rings (SSSR count). The molecule has 1 unspecified atom stereocenters. The Bertz CT molecular complexity index is 380. The van der Waals surface area contributed by atoms with Crippen molar-refractivity contribution < 1.29 is 4.79 Å². The lowest BCUT2D eigenvalue weighted by Crippen LogP contribution is -2.32. The first-order chi connectivity index (χ1) is 8.24.